The number of rotatable bonds is 3. The van der Waals surface area contributed by atoms with Crippen LogP contribution in [0.1, 0.15) is 38.0 Å². The van der Waals surface area contributed by atoms with Crippen LogP contribution in [0, 0.1) is 0 Å². The maximum atomic E-state index is 10.3. The van der Waals surface area contributed by atoms with E-state index in [0.29, 0.717) is 5.25 Å². The highest BCUT2D eigenvalue weighted by molar-refractivity contribution is 7.99. The summed E-state index contributed by atoms with van der Waals surface area (Å²) in [7, 11) is 0. The second-order valence-corrected chi connectivity index (χ2v) is 5.27. The normalized spacial score (nSPS) is 24.0. The molecule has 2 rings (SSSR count). The number of hydrogen-bond donors (Lipinski definition) is 1. The van der Waals surface area contributed by atoms with Crippen molar-refractivity contribution in [3.8, 4) is 0 Å². The van der Waals surface area contributed by atoms with Crippen molar-refractivity contribution in [3.63, 3.8) is 0 Å². The lowest BCUT2D eigenvalue weighted by atomic mass is 10.1. The molecule has 2 atom stereocenters. The van der Waals surface area contributed by atoms with E-state index in [9.17, 15) is 5.11 Å². The Labute approximate surface area is 94.9 Å². The summed E-state index contributed by atoms with van der Waals surface area (Å²) in [5.74, 6) is 1.18. The highest BCUT2D eigenvalue weighted by atomic mass is 32.2. The minimum Gasteiger partial charge on any atom is -0.386 e. The van der Waals surface area contributed by atoms with Gasteiger partial charge in [-0.25, -0.2) is 0 Å². The number of aryl methyl sites for hydroxylation is 1. The van der Waals surface area contributed by atoms with Crippen LogP contribution in [0.25, 0.3) is 0 Å². The SMILES string of the molecule is CCn1nccc1C(O)C1CCCCS1. The molecule has 0 radical (unpaired) electrons. The van der Waals surface area contributed by atoms with Gasteiger partial charge in [0.1, 0.15) is 6.10 Å². The molecule has 1 aromatic rings. The Hall–Kier alpha value is -0.480. The molecule has 1 aliphatic heterocycles. The number of aliphatic hydroxyl groups is 1. The van der Waals surface area contributed by atoms with Gasteiger partial charge in [0, 0.05) is 18.0 Å². The van der Waals surface area contributed by atoms with Gasteiger partial charge in [-0.2, -0.15) is 16.9 Å². The van der Waals surface area contributed by atoms with Gasteiger partial charge in [-0.1, -0.05) is 6.42 Å². The Balaban J connectivity index is 2.08. The number of thioether (sulfide) groups is 1. The highest BCUT2D eigenvalue weighted by Gasteiger charge is 2.25. The third-order valence-corrected chi connectivity index (χ3v) is 4.37. The molecule has 2 unspecified atom stereocenters. The van der Waals surface area contributed by atoms with Crippen molar-refractivity contribution < 1.29 is 5.11 Å². The number of nitrogens with zero attached hydrogens (tertiary/aromatic N) is 2. The van der Waals surface area contributed by atoms with Crippen LogP contribution in [-0.2, 0) is 6.54 Å². The molecular formula is C11H18N2OS. The van der Waals surface area contributed by atoms with Gasteiger partial charge in [0.25, 0.3) is 0 Å². The monoisotopic (exact) mass is 226 g/mol. The Bertz CT molecular complexity index is 307. The van der Waals surface area contributed by atoms with E-state index in [0.717, 1.165) is 18.7 Å². The molecule has 0 aliphatic carbocycles. The summed E-state index contributed by atoms with van der Waals surface area (Å²) in [5.41, 5.74) is 0.969. The van der Waals surface area contributed by atoms with Crippen molar-refractivity contribution in [2.75, 3.05) is 5.75 Å². The van der Waals surface area contributed by atoms with Crippen LogP contribution in [0.15, 0.2) is 12.3 Å². The number of aromatic nitrogens is 2. The van der Waals surface area contributed by atoms with E-state index in [2.05, 4.69) is 12.0 Å². The first-order chi connectivity index (χ1) is 7.33. The van der Waals surface area contributed by atoms with Gasteiger partial charge >= 0.3 is 0 Å². The first kappa shape index (κ1) is 11.0. The zero-order valence-corrected chi connectivity index (χ0v) is 9.91. The number of hydrogen-bond acceptors (Lipinski definition) is 3. The molecule has 15 heavy (non-hydrogen) atoms. The third kappa shape index (κ3) is 2.37. The van der Waals surface area contributed by atoms with Crippen LogP contribution in [0.3, 0.4) is 0 Å². The van der Waals surface area contributed by atoms with Crippen molar-refractivity contribution in [2.24, 2.45) is 0 Å². The second kappa shape index (κ2) is 5.03. The molecule has 1 saturated heterocycles. The average Bonchev–Trinajstić information content (AvgIpc) is 2.77. The van der Waals surface area contributed by atoms with E-state index in [-0.39, 0.29) is 6.10 Å². The van der Waals surface area contributed by atoms with Crippen LogP contribution >= 0.6 is 11.8 Å². The zero-order chi connectivity index (χ0) is 10.7. The van der Waals surface area contributed by atoms with Crippen LogP contribution in [0.5, 0.6) is 0 Å². The maximum Gasteiger partial charge on any atom is 0.107 e. The quantitative estimate of drug-likeness (QED) is 0.859. The first-order valence-corrected chi connectivity index (χ1v) is 6.69. The molecule has 0 saturated carbocycles. The summed E-state index contributed by atoms with van der Waals surface area (Å²) in [6.45, 7) is 2.88. The fourth-order valence-electron chi connectivity index (χ4n) is 2.06. The molecule has 0 spiro atoms. The molecule has 2 heterocycles. The average molecular weight is 226 g/mol. The van der Waals surface area contributed by atoms with Gasteiger partial charge in [-0.15, -0.1) is 0 Å². The molecule has 0 amide bonds. The second-order valence-electron chi connectivity index (χ2n) is 3.92. The van der Waals surface area contributed by atoms with E-state index in [1.807, 2.05) is 22.5 Å². The molecule has 1 aromatic heterocycles. The van der Waals surface area contributed by atoms with Crippen LogP contribution in [-0.4, -0.2) is 25.9 Å². The summed E-state index contributed by atoms with van der Waals surface area (Å²) in [6, 6.07) is 1.93. The first-order valence-electron chi connectivity index (χ1n) is 5.64. The van der Waals surface area contributed by atoms with Crippen molar-refractivity contribution in [2.45, 2.75) is 44.1 Å². The fourth-order valence-corrected chi connectivity index (χ4v) is 3.39. The van der Waals surface area contributed by atoms with Crippen molar-refractivity contribution in [3.05, 3.63) is 18.0 Å². The van der Waals surface area contributed by atoms with Gasteiger partial charge < -0.3 is 5.11 Å². The third-order valence-electron chi connectivity index (χ3n) is 2.92. The van der Waals surface area contributed by atoms with E-state index < -0.39 is 0 Å². The van der Waals surface area contributed by atoms with Gasteiger partial charge in [0.2, 0.25) is 0 Å². The summed E-state index contributed by atoms with van der Waals surface area (Å²) < 4.78 is 1.89. The molecular weight excluding hydrogens is 208 g/mol. The molecule has 4 heteroatoms. The Morgan fingerprint density at radius 2 is 2.53 bits per heavy atom. The van der Waals surface area contributed by atoms with Crippen LogP contribution < -0.4 is 0 Å². The predicted octanol–water partition coefficient (Wildman–Crippen LogP) is 2.22. The minimum absolute atomic E-state index is 0.349. The largest absolute Gasteiger partial charge is 0.386 e. The van der Waals surface area contributed by atoms with Crippen LogP contribution in [0.2, 0.25) is 0 Å². The van der Waals surface area contributed by atoms with Gasteiger partial charge in [-0.3, -0.25) is 4.68 Å². The molecule has 1 fully saturated rings. The van der Waals surface area contributed by atoms with Gasteiger partial charge in [0.05, 0.1) is 5.69 Å². The Morgan fingerprint density at radius 1 is 1.67 bits per heavy atom. The molecule has 0 aromatic carbocycles. The van der Waals surface area contributed by atoms with Crippen molar-refractivity contribution >= 4 is 11.8 Å². The molecule has 84 valence electrons. The van der Waals surface area contributed by atoms with Crippen LogP contribution in [0.4, 0.5) is 0 Å². The topological polar surface area (TPSA) is 38.0 Å². The lowest BCUT2D eigenvalue weighted by Gasteiger charge is -2.26. The lowest BCUT2D eigenvalue weighted by molar-refractivity contribution is 0.158. The molecule has 0 bridgehead atoms. The molecule has 3 nitrogen and oxygen atoms in total. The summed E-state index contributed by atoms with van der Waals surface area (Å²) in [6.07, 6.45) is 5.09. The predicted molar refractivity (Wildman–Crippen MR) is 63.0 cm³/mol. The van der Waals surface area contributed by atoms with Gasteiger partial charge in [-0.05, 0) is 31.6 Å². The van der Waals surface area contributed by atoms with E-state index in [1.54, 1.807) is 6.20 Å². The zero-order valence-electron chi connectivity index (χ0n) is 9.09. The van der Waals surface area contributed by atoms with Crippen molar-refractivity contribution in [1.29, 1.82) is 0 Å². The fraction of sp³-hybridized carbons (Fsp3) is 0.727. The van der Waals surface area contributed by atoms with Crippen molar-refractivity contribution in [1.82, 2.24) is 9.78 Å². The Morgan fingerprint density at radius 3 is 3.20 bits per heavy atom. The molecule has 1 aliphatic rings. The molecule has 1 N–H and O–H groups in total. The van der Waals surface area contributed by atoms with E-state index >= 15 is 0 Å². The smallest absolute Gasteiger partial charge is 0.107 e. The Kier molecular flexibility index (Phi) is 3.70. The maximum absolute atomic E-state index is 10.3. The minimum atomic E-state index is -0.349. The summed E-state index contributed by atoms with van der Waals surface area (Å²) in [5, 5.41) is 14.8. The van der Waals surface area contributed by atoms with E-state index in [1.165, 1.54) is 18.6 Å². The lowest BCUT2D eigenvalue weighted by Crippen LogP contribution is -2.21. The van der Waals surface area contributed by atoms with E-state index in [4.69, 9.17) is 0 Å². The summed E-state index contributed by atoms with van der Waals surface area (Å²) >= 11 is 1.90. The summed E-state index contributed by atoms with van der Waals surface area (Å²) in [4.78, 5) is 0. The standard InChI is InChI=1S/C11H18N2OS/c1-2-13-9(6-7-12-13)11(14)10-5-3-4-8-15-10/h6-7,10-11,14H,2-5,8H2,1H3. The highest BCUT2D eigenvalue weighted by Crippen LogP contribution is 2.34. The van der Waals surface area contributed by atoms with Gasteiger partial charge in [0.15, 0.2) is 0 Å². The number of aliphatic hydroxyl groups excluding tert-OH is 1.